The van der Waals surface area contributed by atoms with Gasteiger partial charge in [-0.2, -0.15) is 10.1 Å². The quantitative estimate of drug-likeness (QED) is 0.350. The molecule has 1 aliphatic heterocycles. The number of fused-ring (bicyclic) bond motifs is 1. The average molecular weight is 567 g/mol. The van der Waals surface area contributed by atoms with Crippen molar-refractivity contribution in [2.75, 3.05) is 44.5 Å². The van der Waals surface area contributed by atoms with Crippen LogP contribution in [0.15, 0.2) is 24.5 Å². The van der Waals surface area contributed by atoms with Crippen LogP contribution in [0.5, 0.6) is 5.75 Å². The Morgan fingerprint density at radius 2 is 1.95 bits per heavy atom. The van der Waals surface area contributed by atoms with Crippen molar-refractivity contribution in [3.63, 3.8) is 0 Å². The number of hydrogen-bond donors (Lipinski definition) is 2. The molecule has 0 saturated heterocycles. The van der Waals surface area contributed by atoms with Crippen molar-refractivity contribution in [2.45, 2.75) is 59.1 Å². The van der Waals surface area contributed by atoms with Crippen LogP contribution in [0.3, 0.4) is 0 Å². The van der Waals surface area contributed by atoms with Crippen LogP contribution in [-0.2, 0) is 16.0 Å². The van der Waals surface area contributed by atoms with Gasteiger partial charge in [0.05, 0.1) is 32.7 Å². The Bertz CT molecular complexity index is 1430. The summed E-state index contributed by atoms with van der Waals surface area (Å²) in [6.07, 6.45) is 7.05. The SMILES string of the molecule is CCCCNc1nc(NC(=O)OC)nc2cnn(Cc3cnc(C4=CCN(C(=O)OC(C)(C)C)CC4)cc3OC)c12. The number of rotatable bonds is 9. The molecule has 0 unspecified atom stereocenters. The highest BCUT2D eigenvalue weighted by atomic mass is 16.6. The molecule has 4 heterocycles. The van der Waals surface area contributed by atoms with Gasteiger partial charge in [0.2, 0.25) is 5.95 Å². The molecule has 2 N–H and O–H groups in total. The zero-order valence-electron chi connectivity index (χ0n) is 24.5. The number of hydrogen-bond acceptors (Lipinski definition) is 10. The number of nitrogens with one attached hydrogen (secondary N) is 2. The second-order valence-electron chi connectivity index (χ2n) is 10.6. The Morgan fingerprint density at radius 1 is 1.15 bits per heavy atom. The second kappa shape index (κ2) is 12.8. The number of pyridine rings is 1. The first-order valence-corrected chi connectivity index (χ1v) is 13.6. The molecule has 0 saturated carbocycles. The summed E-state index contributed by atoms with van der Waals surface area (Å²) in [4.78, 5) is 39.5. The van der Waals surface area contributed by atoms with Crippen LogP contribution in [0.4, 0.5) is 21.4 Å². The predicted molar refractivity (Wildman–Crippen MR) is 155 cm³/mol. The number of amides is 2. The Hall–Kier alpha value is -4.42. The van der Waals surface area contributed by atoms with E-state index in [9.17, 15) is 9.59 Å². The van der Waals surface area contributed by atoms with Gasteiger partial charge in [0, 0.05) is 37.5 Å². The highest BCUT2D eigenvalue weighted by Crippen LogP contribution is 2.29. The molecule has 0 atom stereocenters. The molecule has 0 fully saturated rings. The average Bonchev–Trinajstić information content (AvgIpc) is 3.35. The van der Waals surface area contributed by atoms with E-state index in [2.05, 4.69) is 37.4 Å². The lowest BCUT2D eigenvalue weighted by atomic mass is 10.0. The van der Waals surface area contributed by atoms with Gasteiger partial charge in [-0.3, -0.25) is 15.0 Å². The molecular weight excluding hydrogens is 528 g/mol. The van der Waals surface area contributed by atoms with Crippen molar-refractivity contribution in [3.8, 4) is 5.75 Å². The topological polar surface area (TPSA) is 146 Å². The Balaban J connectivity index is 1.57. The minimum Gasteiger partial charge on any atom is -0.496 e. The first-order chi connectivity index (χ1) is 19.6. The van der Waals surface area contributed by atoms with E-state index in [0.29, 0.717) is 55.2 Å². The molecule has 13 nitrogen and oxygen atoms in total. The summed E-state index contributed by atoms with van der Waals surface area (Å²) in [6.45, 7) is 9.74. The summed E-state index contributed by atoms with van der Waals surface area (Å²) < 4.78 is 17.7. The second-order valence-corrected chi connectivity index (χ2v) is 10.6. The number of carbonyl (C=O) groups is 2. The molecule has 4 rings (SSSR count). The zero-order valence-corrected chi connectivity index (χ0v) is 24.5. The van der Waals surface area contributed by atoms with Crippen molar-refractivity contribution in [2.24, 2.45) is 0 Å². The maximum atomic E-state index is 12.4. The zero-order chi connectivity index (χ0) is 29.6. The Kier molecular flexibility index (Phi) is 9.25. The standard InChI is InChI=1S/C28H38N8O5/c1-7-8-11-29-24-23-21(32-25(33-24)34-26(37)40-6)16-31-36(23)17-19-15-30-20(14-22(19)39-5)18-9-12-35(13-10-18)27(38)41-28(2,3)4/h9,14-16H,7-8,10-13,17H2,1-6H3,(H2,29,32,33,34,37). The van der Waals surface area contributed by atoms with E-state index in [1.807, 2.05) is 32.9 Å². The molecule has 3 aromatic rings. The maximum Gasteiger partial charge on any atom is 0.413 e. The van der Waals surface area contributed by atoms with E-state index in [0.717, 1.165) is 29.7 Å². The molecule has 0 spiro atoms. The van der Waals surface area contributed by atoms with Gasteiger partial charge in [-0.1, -0.05) is 19.4 Å². The smallest absolute Gasteiger partial charge is 0.413 e. The van der Waals surface area contributed by atoms with Crippen molar-refractivity contribution in [1.29, 1.82) is 0 Å². The van der Waals surface area contributed by atoms with Crippen molar-refractivity contribution in [1.82, 2.24) is 29.6 Å². The number of carbonyl (C=O) groups excluding carboxylic acids is 2. The van der Waals surface area contributed by atoms with Gasteiger partial charge in [-0.25, -0.2) is 14.6 Å². The van der Waals surface area contributed by atoms with Crippen molar-refractivity contribution < 1.29 is 23.8 Å². The number of nitrogens with zero attached hydrogens (tertiary/aromatic N) is 6. The third-order valence-electron chi connectivity index (χ3n) is 6.38. The minimum absolute atomic E-state index is 0.123. The normalized spacial score (nSPS) is 13.5. The molecule has 3 aromatic heterocycles. The van der Waals surface area contributed by atoms with E-state index in [4.69, 9.17) is 14.5 Å². The molecule has 2 amide bonds. The lowest BCUT2D eigenvalue weighted by molar-refractivity contribution is 0.0270. The molecule has 13 heteroatoms. The molecule has 0 radical (unpaired) electrons. The Morgan fingerprint density at radius 3 is 2.61 bits per heavy atom. The number of aromatic nitrogens is 5. The molecule has 0 aromatic carbocycles. The van der Waals surface area contributed by atoms with Crippen LogP contribution in [0.25, 0.3) is 16.6 Å². The van der Waals surface area contributed by atoms with Gasteiger partial charge in [-0.05, 0) is 39.2 Å². The van der Waals surface area contributed by atoms with Gasteiger partial charge < -0.3 is 24.4 Å². The number of ether oxygens (including phenoxy) is 3. The van der Waals surface area contributed by atoms with Crippen LogP contribution < -0.4 is 15.4 Å². The lowest BCUT2D eigenvalue weighted by Gasteiger charge is -2.29. The summed E-state index contributed by atoms with van der Waals surface area (Å²) in [5.74, 6) is 1.34. The molecule has 0 bridgehead atoms. The van der Waals surface area contributed by atoms with E-state index < -0.39 is 11.7 Å². The fourth-order valence-electron chi connectivity index (χ4n) is 4.33. The predicted octanol–water partition coefficient (Wildman–Crippen LogP) is 4.69. The third-order valence-corrected chi connectivity index (χ3v) is 6.38. The molecule has 1 aliphatic rings. The lowest BCUT2D eigenvalue weighted by Crippen LogP contribution is -2.39. The molecular formula is C28H38N8O5. The summed E-state index contributed by atoms with van der Waals surface area (Å²) in [7, 11) is 2.90. The summed E-state index contributed by atoms with van der Waals surface area (Å²) in [5, 5.41) is 10.4. The number of methoxy groups -OCH3 is 2. The number of anilines is 2. The molecule has 41 heavy (non-hydrogen) atoms. The first-order valence-electron chi connectivity index (χ1n) is 13.6. The highest BCUT2D eigenvalue weighted by molar-refractivity contribution is 5.89. The first kappa shape index (κ1) is 29.6. The van der Waals surface area contributed by atoms with E-state index >= 15 is 0 Å². The molecule has 0 aliphatic carbocycles. The van der Waals surface area contributed by atoms with Crippen molar-refractivity contribution in [3.05, 3.63) is 35.8 Å². The fourth-order valence-corrected chi connectivity index (χ4v) is 4.33. The monoisotopic (exact) mass is 566 g/mol. The van der Waals surface area contributed by atoms with E-state index in [-0.39, 0.29) is 12.0 Å². The van der Waals surface area contributed by atoms with E-state index in [1.54, 1.807) is 29.1 Å². The third kappa shape index (κ3) is 7.41. The van der Waals surface area contributed by atoms with Crippen molar-refractivity contribution >= 4 is 40.6 Å². The Labute approximate surface area is 239 Å². The van der Waals surface area contributed by atoms with Crippen LogP contribution in [-0.4, -0.2) is 81.3 Å². The van der Waals surface area contributed by atoms with Crippen LogP contribution >= 0.6 is 0 Å². The largest absolute Gasteiger partial charge is 0.496 e. The summed E-state index contributed by atoms with van der Waals surface area (Å²) >= 11 is 0. The number of unbranched alkanes of at least 4 members (excludes halogenated alkanes) is 1. The van der Waals surface area contributed by atoms with Gasteiger partial charge in [0.25, 0.3) is 0 Å². The van der Waals surface area contributed by atoms with Gasteiger partial charge in [0.15, 0.2) is 5.82 Å². The highest BCUT2D eigenvalue weighted by Gasteiger charge is 2.25. The van der Waals surface area contributed by atoms with E-state index in [1.165, 1.54) is 7.11 Å². The van der Waals surface area contributed by atoms with Gasteiger partial charge >= 0.3 is 12.2 Å². The fraction of sp³-hybridized carbons (Fsp3) is 0.500. The summed E-state index contributed by atoms with van der Waals surface area (Å²) in [6, 6.07) is 1.91. The van der Waals surface area contributed by atoms with Crippen LogP contribution in [0.2, 0.25) is 0 Å². The molecule has 220 valence electrons. The summed E-state index contributed by atoms with van der Waals surface area (Å²) in [5.41, 5.74) is 3.39. The van der Waals surface area contributed by atoms with Gasteiger partial charge in [0.1, 0.15) is 22.4 Å². The van der Waals surface area contributed by atoms with Crippen LogP contribution in [0.1, 0.15) is 58.2 Å². The maximum absolute atomic E-state index is 12.4. The van der Waals surface area contributed by atoms with Crippen LogP contribution in [0, 0.1) is 0 Å². The van der Waals surface area contributed by atoms with Gasteiger partial charge in [-0.15, -0.1) is 0 Å². The minimum atomic E-state index is -0.655.